The van der Waals surface area contributed by atoms with Crippen LogP contribution in [0.15, 0.2) is 36.5 Å². The molecule has 0 N–H and O–H groups in total. The van der Waals surface area contributed by atoms with Gasteiger partial charge in [-0.1, -0.05) is 0 Å². The third-order valence-corrected chi connectivity index (χ3v) is 3.35. The van der Waals surface area contributed by atoms with Crippen molar-refractivity contribution >= 4 is 16.6 Å². The fraction of sp³-hybridized carbons (Fsp3) is 0.200. The SMILES string of the molecule is CCOc1cc(-c2nn(C)c3ccc([N+](=O)[O-])cc23)ccn1. The van der Waals surface area contributed by atoms with Crippen molar-refractivity contribution in [3.63, 3.8) is 0 Å². The Morgan fingerprint density at radius 2 is 2.14 bits per heavy atom. The maximum Gasteiger partial charge on any atom is 0.270 e. The molecule has 112 valence electrons. The van der Waals surface area contributed by atoms with E-state index in [4.69, 9.17) is 4.74 Å². The number of non-ortho nitro benzene ring substituents is 1. The van der Waals surface area contributed by atoms with Crippen LogP contribution in [0.25, 0.3) is 22.2 Å². The van der Waals surface area contributed by atoms with E-state index < -0.39 is 4.92 Å². The first-order chi connectivity index (χ1) is 10.6. The lowest BCUT2D eigenvalue weighted by Gasteiger charge is -2.03. The summed E-state index contributed by atoms with van der Waals surface area (Å²) in [7, 11) is 1.81. The summed E-state index contributed by atoms with van der Waals surface area (Å²) in [6.07, 6.45) is 1.64. The Kier molecular flexibility index (Phi) is 3.46. The van der Waals surface area contributed by atoms with Gasteiger partial charge in [-0.25, -0.2) is 4.98 Å². The van der Waals surface area contributed by atoms with Gasteiger partial charge >= 0.3 is 0 Å². The predicted molar refractivity (Wildman–Crippen MR) is 81.8 cm³/mol. The zero-order chi connectivity index (χ0) is 15.7. The number of aromatic nitrogens is 3. The van der Waals surface area contributed by atoms with E-state index in [0.29, 0.717) is 18.2 Å². The molecule has 0 saturated heterocycles. The molecule has 0 atom stereocenters. The molecule has 0 saturated carbocycles. The van der Waals surface area contributed by atoms with Crippen LogP contribution < -0.4 is 4.74 Å². The van der Waals surface area contributed by atoms with Gasteiger partial charge in [0.15, 0.2) is 0 Å². The lowest BCUT2D eigenvalue weighted by atomic mass is 10.1. The summed E-state index contributed by atoms with van der Waals surface area (Å²) in [6, 6.07) is 8.31. The summed E-state index contributed by atoms with van der Waals surface area (Å²) in [5.41, 5.74) is 2.35. The average Bonchev–Trinajstić information content (AvgIpc) is 2.84. The van der Waals surface area contributed by atoms with Crippen LogP contribution in [0.3, 0.4) is 0 Å². The number of hydrogen-bond donors (Lipinski definition) is 0. The van der Waals surface area contributed by atoms with Gasteiger partial charge in [-0.05, 0) is 19.1 Å². The monoisotopic (exact) mass is 298 g/mol. The molecule has 0 unspecified atom stereocenters. The Balaban J connectivity index is 2.19. The number of hydrogen-bond acceptors (Lipinski definition) is 5. The fourth-order valence-electron chi connectivity index (χ4n) is 2.36. The van der Waals surface area contributed by atoms with Crippen LogP contribution in [0.1, 0.15) is 6.92 Å². The minimum Gasteiger partial charge on any atom is -0.478 e. The fourth-order valence-corrected chi connectivity index (χ4v) is 2.36. The highest BCUT2D eigenvalue weighted by molar-refractivity contribution is 5.94. The van der Waals surface area contributed by atoms with Gasteiger partial charge in [-0.15, -0.1) is 0 Å². The van der Waals surface area contributed by atoms with Crippen molar-refractivity contribution in [3.05, 3.63) is 46.6 Å². The van der Waals surface area contributed by atoms with Gasteiger partial charge in [-0.3, -0.25) is 14.8 Å². The first kappa shape index (κ1) is 14.0. The minimum atomic E-state index is -0.408. The number of benzene rings is 1. The molecule has 0 fully saturated rings. The summed E-state index contributed by atoms with van der Waals surface area (Å²) in [5, 5.41) is 16.2. The molecular weight excluding hydrogens is 284 g/mol. The molecule has 0 aliphatic rings. The van der Waals surface area contributed by atoms with Crippen LogP contribution in [0.4, 0.5) is 5.69 Å². The Morgan fingerprint density at radius 1 is 1.32 bits per heavy atom. The van der Waals surface area contributed by atoms with Gasteiger partial charge < -0.3 is 4.74 Å². The van der Waals surface area contributed by atoms with Crippen LogP contribution in [0.2, 0.25) is 0 Å². The van der Waals surface area contributed by atoms with Crippen molar-refractivity contribution in [2.75, 3.05) is 6.61 Å². The first-order valence-corrected chi connectivity index (χ1v) is 6.80. The Labute approximate surface area is 126 Å². The van der Waals surface area contributed by atoms with Crippen molar-refractivity contribution in [1.29, 1.82) is 0 Å². The van der Waals surface area contributed by atoms with E-state index in [1.807, 2.05) is 20.0 Å². The Hall–Kier alpha value is -2.96. The van der Waals surface area contributed by atoms with E-state index in [-0.39, 0.29) is 5.69 Å². The molecule has 0 amide bonds. The highest BCUT2D eigenvalue weighted by Gasteiger charge is 2.15. The number of aryl methyl sites for hydroxylation is 1. The zero-order valence-electron chi connectivity index (χ0n) is 12.2. The molecule has 7 nitrogen and oxygen atoms in total. The molecule has 3 aromatic rings. The van der Waals surface area contributed by atoms with Gasteiger partial charge in [0.1, 0.15) is 5.69 Å². The molecule has 1 aromatic carbocycles. The molecule has 2 heterocycles. The van der Waals surface area contributed by atoms with Crippen LogP contribution >= 0.6 is 0 Å². The Morgan fingerprint density at radius 3 is 2.86 bits per heavy atom. The van der Waals surface area contributed by atoms with Crippen molar-refractivity contribution in [3.8, 4) is 17.1 Å². The molecule has 7 heteroatoms. The van der Waals surface area contributed by atoms with E-state index in [1.54, 1.807) is 29.1 Å². The highest BCUT2D eigenvalue weighted by Crippen LogP contribution is 2.31. The van der Waals surface area contributed by atoms with Gasteiger partial charge in [-0.2, -0.15) is 5.10 Å². The van der Waals surface area contributed by atoms with E-state index >= 15 is 0 Å². The lowest BCUT2D eigenvalue weighted by molar-refractivity contribution is -0.384. The van der Waals surface area contributed by atoms with Gasteiger partial charge in [0, 0.05) is 42.4 Å². The molecule has 0 spiro atoms. The van der Waals surface area contributed by atoms with Crippen molar-refractivity contribution in [2.24, 2.45) is 7.05 Å². The van der Waals surface area contributed by atoms with Crippen LogP contribution in [-0.4, -0.2) is 26.3 Å². The molecule has 2 aromatic heterocycles. The number of nitrogens with zero attached hydrogens (tertiary/aromatic N) is 4. The third kappa shape index (κ3) is 2.37. The first-order valence-electron chi connectivity index (χ1n) is 6.80. The number of fused-ring (bicyclic) bond motifs is 1. The largest absolute Gasteiger partial charge is 0.478 e. The molecule has 0 bridgehead atoms. The summed E-state index contributed by atoms with van der Waals surface area (Å²) >= 11 is 0. The van der Waals surface area contributed by atoms with Gasteiger partial charge in [0.2, 0.25) is 5.88 Å². The lowest BCUT2D eigenvalue weighted by Crippen LogP contribution is -1.94. The van der Waals surface area contributed by atoms with E-state index in [9.17, 15) is 10.1 Å². The van der Waals surface area contributed by atoms with Crippen molar-refractivity contribution in [2.45, 2.75) is 6.92 Å². The molecule has 22 heavy (non-hydrogen) atoms. The summed E-state index contributed by atoms with van der Waals surface area (Å²) in [6.45, 7) is 2.40. The van der Waals surface area contributed by atoms with Crippen LogP contribution in [0, 0.1) is 10.1 Å². The van der Waals surface area contributed by atoms with Gasteiger partial charge in [0.05, 0.1) is 17.0 Å². The quantitative estimate of drug-likeness (QED) is 0.546. The van der Waals surface area contributed by atoms with Crippen molar-refractivity contribution < 1.29 is 9.66 Å². The normalized spacial score (nSPS) is 10.8. The van der Waals surface area contributed by atoms with E-state index in [1.165, 1.54) is 6.07 Å². The maximum atomic E-state index is 11.0. The summed E-state index contributed by atoms with van der Waals surface area (Å²) in [5.74, 6) is 0.504. The van der Waals surface area contributed by atoms with Crippen LogP contribution in [0.5, 0.6) is 5.88 Å². The smallest absolute Gasteiger partial charge is 0.270 e. The predicted octanol–water partition coefficient (Wildman–Crippen LogP) is 2.94. The van der Waals surface area contributed by atoms with Gasteiger partial charge in [0.25, 0.3) is 5.69 Å². The number of rotatable bonds is 4. The molecule has 0 aliphatic carbocycles. The zero-order valence-corrected chi connectivity index (χ0v) is 12.2. The molecule has 0 radical (unpaired) electrons. The summed E-state index contributed by atoms with van der Waals surface area (Å²) < 4.78 is 7.10. The third-order valence-electron chi connectivity index (χ3n) is 3.35. The number of nitro benzene ring substituents is 1. The molecule has 0 aliphatic heterocycles. The second-order valence-corrected chi connectivity index (χ2v) is 4.75. The second kappa shape index (κ2) is 5.44. The number of pyridine rings is 1. The Bertz CT molecular complexity index is 857. The number of nitro groups is 1. The minimum absolute atomic E-state index is 0.0424. The molecular formula is C15H14N4O3. The standard InChI is InChI=1S/C15H14N4O3/c1-3-22-14-8-10(6-7-16-14)15-12-9-11(19(20)21)4-5-13(12)18(2)17-15/h4-9H,3H2,1-2H3. The summed E-state index contributed by atoms with van der Waals surface area (Å²) in [4.78, 5) is 14.7. The molecule has 3 rings (SSSR count). The highest BCUT2D eigenvalue weighted by atomic mass is 16.6. The maximum absolute atomic E-state index is 11.0. The van der Waals surface area contributed by atoms with Crippen LogP contribution in [-0.2, 0) is 7.05 Å². The van der Waals surface area contributed by atoms with Crippen molar-refractivity contribution in [1.82, 2.24) is 14.8 Å². The van der Waals surface area contributed by atoms with E-state index in [2.05, 4.69) is 10.1 Å². The topological polar surface area (TPSA) is 83.1 Å². The number of ether oxygens (including phenoxy) is 1. The van der Waals surface area contributed by atoms with E-state index in [0.717, 1.165) is 16.5 Å². The average molecular weight is 298 g/mol. The second-order valence-electron chi connectivity index (χ2n) is 4.75.